The Hall–Kier alpha value is -0.860. The molecule has 2 nitrogen and oxygen atoms in total. The Balaban J connectivity index is 1.85. The first kappa shape index (κ1) is 14.5. The Morgan fingerprint density at radius 3 is 2.79 bits per heavy atom. The highest BCUT2D eigenvalue weighted by Gasteiger charge is 2.25. The largest absolute Gasteiger partial charge is 0.330 e. The maximum Gasteiger partial charge on any atom is 0.0110 e. The Labute approximate surface area is 118 Å². The summed E-state index contributed by atoms with van der Waals surface area (Å²) >= 11 is 0. The maximum absolute atomic E-state index is 5.76. The summed E-state index contributed by atoms with van der Waals surface area (Å²) in [6, 6.07) is 12.2. The van der Waals surface area contributed by atoms with Crippen LogP contribution in [0.4, 0.5) is 0 Å². The summed E-state index contributed by atoms with van der Waals surface area (Å²) in [7, 11) is 0. The quantitative estimate of drug-likeness (QED) is 0.851. The number of piperidine rings is 1. The van der Waals surface area contributed by atoms with Crippen LogP contribution in [0.3, 0.4) is 0 Å². The van der Waals surface area contributed by atoms with Gasteiger partial charge in [0.15, 0.2) is 0 Å². The lowest BCUT2D eigenvalue weighted by atomic mass is 9.95. The Bertz CT molecular complexity index is 348. The molecule has 1 aromatic rings. The van der Waals surface area contributed by atoms with Gasteiger partial charge in [0.1, 0.15) is 0 Å². The van der Waals surface area contributed by atoms with Crippen LogP contribution >= 0.6 is 0 Å². The maximum atomic E-state index is 5.76. The summed E-state index contributed by atoms with van der Waals surface area (Å²) in [5.74, 6) is 0. The van der Waals surface area contributed by atoms with Crippen LogP contribution in [0, 0.1) is 0 Å². The van der Waals surface area contributed by atoms with Crippen molar-refractivity contribution in [3.8, 4) is 0 Å². The second kappa shape index (κ2) is 7.66. The minimum Gasteiger partial charge on any atom is -0.330 e. The fourth-order valence-electron chi connectivity index (χ4n) is 3.29. The third kappa shape index (κ3) is 4.32. The molecule has 1 saturated heterocycles. The molecular formula is C17H28N2. The second-order valence-electron chi connectivity index (χ2n) is 5.84. The Morgan fingerprint density at radius 1 is 1.26 bits per heavy atom. The SMILES string of the molecule is CC(CCc1ccccc1)N1CCCCC1CCN. The Morgan fingerprint density at radius 2 is 2.05 bits per heavy atom. The molecule has 19 heavy (non-hydrogen) atoms. The first-order chi connectivity index (χ1) is 9.31. The lowest BCUT2D eigenvalue weighted by Crippen LogP contribution is -2.46. The topological polar surface area (TPSA) is 29.3 Å². The van der Waals surface area contributed by atoms with E-state index in [9.17, 15) is 0 Å². The number of likely N-dealkylation sites (tertiary alicyclic amines) is 1. The van der Waals surface area contributed by atoms with Crippen molar-refractivity contribution >= 4 is 0 Å². The van der Waals surface area contributed by atoms with Gasteiger partial charge < -0.3 is 5.73 Å². The average Bonchev–Trinajstić information content (AvgIpc) is 2.47. The molecule has 1 aromatic carbocycles. The zero-order chi connectivity index (χ0) is 13.5. The lowest BCUT2D eigenvalue weighted by molar-refractivity contribution is 0.0940. The molecule has 2 N–H and O–H groups in total. The zero-order valence-corrected chi connectivity index (χ0v) is 12.2. The smallest absolute Gasteiger partial charge is 0.0110 e. The van der Waals surface area contributed by atoms with Crippen LogP contribution in [-0.2, 0) is 6.42 Å². The van der Waals surface area contributed by atoms with Crippen LogP contribution < -0.4 is 5.73 Å². The van der Waals surface area contributed by atoms with Crippen LogP contribution in [0.1, 0.15) is 44.6 Å². The summed E-state index contributed by atoms with van der Waals surface area (Å²) in [5.41, 5.74) is 7.22. The van der Waals surface area contributed by atoms with E-state index in [-0.39, 0.29) is 0 Å². The molecule has 0 spiro atoms. The van der Waals surface area contributed by atoms with E-state index in [1.165, 1.54) is 44.2 Å². The van der Waals surface area contributed by atoms with Crippen molar-refractivity contribution < 1.29 is 0 Å². The predicted octanol–water partition coefficient (Wildman–Crippen LogP) is 3.21. The number of nitrogens with two attached hydrogens (primary N) is 1. The van der Waals surface area contributed by atoms with Crippen LogP contribution in [-0.4, -0.2) is 30.1 Å². The molecule has 1 fully saturated rings. The van der Waals surface area contributed by atoms with Gasteiger partial charge in [-0.1, -0.05) is 36.8 Å². The third-order valence-electron chi connectivity index (χ3n) is 4.43. The fourth-order valence-corrected chi connectivity index (χ4v) is 3.29. The molecule has 0 radical (unpaired) electrons. The van der Waals surface area contributed by atoms with Crippen molar-refractivity contribution in [2.24, 2.45) is 5.73 Å². The molecule has 0 aromatic heterocycles. The molecule has 2 heteroatoms. The average molecular weight is 260 g/mol. The van der Waals surface area contributed by atoms with Crippen LogP contribution in [0.5, 0.6) is 0 Å². The first-order valence-corrected chi connectivity index (χ1v) is 7.81. The summed E-state index contributed by atoms with van der Waals surface area (Å²) < 4.78 is 0. The van der Waals surface area contributed by atoms with E-state index in [0.717, 1.165) is 19.0 Å². The molecular weight excluding hydrogens is 232 g/mol. The van der Waals surface area contributed by atoms with E-state index < -0.39 is 0 Å². The zero-order valence-electron chi connectivity index (χ0n) is 12.2. The van der Waals surface area contributed by atoms with E-state index in [1.54, 1.807) is 0 Å². The highest BCUT2D eigenvalue weighted by molar-refractivity contribution is 5.14. The first-order valence-electron chi connectivity index (χ1n) is 7.81. The molecule has 2 rings (SSSR count). The van der Waals surface area contributed by atoms with Crippen LogP contribution in [0.25, 0.3) is 0 Å². The molecule has 1 heterocycles. The van der Waals surface area contributed by atoms with Crippen molar-refractivity contribution in [2.45, 2.75) is 57.5 Å². The van der Waals surface area contributed by atoms with Crippen molar-refractivity contribution in [3.63, 3.8) is 0 Å². The summed E-state index contributed by atoms with van der Waals surface area (Å²) in [6.45, 7) is 4.48. The van der Waals surface area contributed by atoms with Crippen molar-refractivity contribution in [1.82, 2.24) is 4.90 Å². The van der Waals surface area contributed by atoms with Gasteiger partial charge in [0.05, 0.1) is 0 Å². The molecule has 0 bridgehead atoms. The fraction of sp³-hybridized carbons (Fsp3) is 0.647. The normalized spacial score (nSPS) is 22.3. The number of benzene rings is 1. The lowest BCUT2D eigenvalue weighted by Gasteiger charge is -2.40. The van der Waals surface area contributed by atoms with Gasteiger partial charge in [0.25, 0.3) is 0 Å². The van der Waals surface area contributed by atoms with Crippen LogP contribution in [0.2, 0.25) is 0 Å². The van der Waals surface area contributed by atoms with E-state index in [1.807, 2.05) is 0 Å². The minimum atomic E-state index is 0.678. The molecule has 2 unspecified atom stereocenters. The highest BCUT2D eigenvalue weighted by Crippen LogP contribution is 2.23. The van der Waals surface area contributed by atoms with E-state index >= 15 is 0 Å². The molecule has 1 aliphatic rings. The summed E-state index contributed by atoms with van der Waals surface area (Å²) in [5, 5.41) is 0. The van der Waals surface area contributed by atoms with E-state index in [2.05, 4.69) is 42.2 Å². The molecule has 106 valence electrons. The number of hydrogen-bond acceptors (Lipinski definition) is 2. The van der Waals surface area contributed by atoms with Gasteiger partial charge in [-0.25, -0.2) is 0 Å². The highest BCUT2D eigenvalue weighted by atomic mass is 15.2. The monoisotopic (exact) mass is 260 g/mol. The molecule has 1 aliphatic heterocycles. The third-order valence-corrected chi connectivity index (χ3v) is 4.43. The van der Waals surface area contributed by atoms with Gasteiger partial charge in [0, 0.05) is 12.1 Å². The van der Waals surface area contributed by atoms with Crippen LogP contribution in [0.15, 0.2) is 30.3 Å². The van der Waals surface area contributed by atoms with Crippen molar-refractivity contribution in [1.29, 1.82) is 0 Å². The van der Waals surface area contributed by atoms with E-state index in [0.29, 0.717) is 6.04 Å². The molecule has 0 amide bonds. The van der Waals surface area contributed by atoms with Gasteiger partial charge in [-0.15, -0.1) is 0 Å². The van der Waals surface area contributed by atoms with Crippen molar-refractivity contribution in [2.75, 3.05) is 13.1 Å². The summed E-state index contributed by atoms with van der Waals surface area (Å²) in [4.78, 5) is 2.71. The molecule has 2 atom stereocenters. The van der Waals surface area contributed by atoms with Gasteiger partial charge >= 0.3 is 0 Å². The second-order valence-corrected chi connectivity index (χ2v) is 5.84. The van der Waals surface area contributed by atoms with Crippen molar-refractivity contribution in [3.05, 3.63) is 35.9 Å². The van der Waals surface area contributed by atoms with E-state index in [4.69, 9.17) is 5.73 Å². The number of hydrogen-bond donors (Lipinski definition) is 1. The summed E-state index contributed by atoms with van der Waals surface area (Å²) in [6.07, 6.45) is 7.69. The van der Waals surface area contributed by atoms with Gasteiger partial charge in [-0.05, 0) is 57.7 Å². The molecule has 0 saturated carbocycles. The minimum absolute atomic E-state index is 0.678. The van der Waals surface area contributed by atoms with Gasteiger partial charge in [-0.3, -0.25) is 4.90 Å². The standard InChI is InChI=1S/C17H28N2/c1-15(10-11-16-7-3-2-4-8-16)19-14-6-5-9-17(19)12-13-18/h2-4,7-8,15,17H,5-6,9-14,18H2,1H3. The Kier molecular flexibility index (Phi) is 5.87. The van der Waals surface area contributed by atoms with Gasteiger partial charge in [-0.2, -0.15) is 0 Å². The number of nitrogens with zero attached hydrogens (tertiary/aromatic N) is 1. The number of rotatable bonds is 6. The molecule has 0 aliphatic carbocycles. The predicted molar refractivity (Wildman–Crippen MR) is 82.2 cm³/mol. The number of aryl methyl sites for hydroxylation is 1. The van der Waals surface area contributed by atoms with Gasteiger partial charge in [0.2, 0.25) is 0 Å².